The van der Waals surface area contributed by atoms with Crippen LogP contribution in [0.5, 0.6) is 0 Å². The second-order valence-electron chi connectivity index (χ2n) is 21.5. The first-order valence-corrected chi connectivity index (χ1v) is 31.8. The molecule has 0 aliphatic carbocycles. The second kappa shape index (κ2) is 62.9. The Morgan fingerprint density at radius 1 is 0.333 bits per heavy atom. The maximum Gasteiger partial charge on any atom is 0.306 e. The Hall–Kier alpha value is -2.40. The van der Waals surface area contributed by atoms with Gasteiger partial charge in [0, 0.05) is 12.8 Å². The predicted octanol–water partition coefficient (Wildman–Crippen LogP) is 21.8. The molecule has 0 fully saturated rings. The Morgan fingerprint density at radius 2 is 0.597 bits per heavy atom. The third kappa shape index (κ3) is 60.2. The normalized spacial score (nSPS) is 12.5. The fourth-order valence-electron chi connectivity index (χ4n) is 9.55. The van der Waals surface area contributed by atoms with Gasteiger partial charge in [0.25, 0.3) is 0 Å². The molecule has 0 saturated carbocycles. The maximum absolute atomic E-state index is 12.3. The number of aliphatic hydroxyl groups is 1. The summed E-state index contributed by atoms with van der Waals surface area (Å²) < 4.78 is 10.7. The molecule has 0 aliphatic rings. The van der Waals surface area contributed by atoms with E-state index in [9.17, 15) is 14.7 Å². The minimum absolute atomic E-state index is 0.0676. The first kappa shape index (κ1) is 69.6. The molecule has 0 rings (SSSR count). The number of carbonyl (C=O) groups excluding carboxylic acids is 2. The van der Waals surface area contributed by atoms with Gasteiger partial charge in [-0.15, -0.1) is 0 Å². The molecule has 0 radical (unpaired) electrons. The summed E-state index contributed by atoms with van der Waals surface area (Å²) in [6.07, 6.45) is 85.3. The average molecular weight is 1010 g/mol. The third-order valence-electron chi connectivity index (χ3n) is 14.3. The number of esters is 2. The van der Waals surface area contributed by atoms with Crippen molar-refractivity contribution in [1.82, 2.24) is 0 Å². The van der Waals surface area contributed by atoms with E-state index in [4.69, 9.17) is 9.47 Å². The Labute approximate surface area is 449 Å². The summed E-state index contributed by atoms with van der Waals surface area (Å²) >= 11 is 0. The molecule has 1 atom stereocenters. The van der Waals surface area contributed by atoms with Crippen LogP contribution in [0.25, 0.3) is 0 Å². The van der Waals surface area contributed by atoms with E-state index in [0.717, 1.165) is 70.6 Å². The van der Waals surface area contributed by atoms with E-state index in [-0.39, 0.29) is 25.2 Å². The third-order valence-corrected chi connectivity index (χ3v) is 14.3. The lowest BCUT2D eigenvalue weighted by Gasteiger charge is -2.15. The van der Waals surface area contributed by atoms with Gasteiger partial charge in [0.1, 0.15) is 6.61 Å². The predicted molar refractivity (Wildman–Crippen MR) is 316 cm³/mol. The van der Waals surface area contributed by atoms with Gasteiger partial charge in [-0.05, 0) is 77.0 Å². The molecule has 5 heteroatoms. The maximum atomic E-state index is 12.3. The molecule has 0 spiro atoms. The van der Waals surface area contributed by atoms with Crippen LogP contribution in [-0.4, -0.2) is 36.4 Å². The monoisotopic (exact) mass is 1010 g/mol. The van der Waals surface area contributed by atoms with E-state index in [1.165, 1.54) is 238 Å². The van der Waals surface area contributed by atoms with Crippen molar-refractivity contribution in [2.24, 2.45) is 0 Å². The molecule has 0 aromatic rings. The number of allylic oxidation sites excluding steroid dienone is 10. The molecular weight excluding hydrogens is 885 g/mol. The highest BCUT2D eigenvalue weighted by Gasteiger charge is 2.16. The van der Waals surface area contributed by atoms with Gasteiger partial charge in [0.15, 0.2) is 6.10 Å². The van der Waals surface area contributed by atoms with Gasteiger partial charge in [-0.2, -0.15) is 0 Å². The van der Waals surface area contributed by atoms with Crippen LogP contribution in [0.2, 0.25) is 0 Å². The van der Waals surface area contributed by atoms with E-state index in [1.54, 1.807) is 0 Å². The molecule has 0 bridgehead atoms. The Balaban J connectivity index is 3.36. The van der Waals surface area contributed by atoms with Crippen molar-refractivity contribution in [1.29, 1.82) is 0 Å². The van der Waals surface area contributed by atoms with Crippen molar-refractivity contribution < 1.29 is 24.2 Å². The molecule has 72 heavy (non-hydrogen) atoms. The van der Waals surface area contributed by atoms with Gasteiger partial charge in [-0.25, -0.2) is 0 Å². The highest BCUT2D eigenvalue weighted by Crippen LogP contribution is 2.18. The Bertz CT molecular complexity index is 1230. The second-order valence-corrected chi connectivity index (χ2v) is 21.5. The van der Waals surface area contributed by atoms with Crippen LogP contribution in [0.3, 0.4) is 0 Å². The van der Waals surface area contributed by atoms with Gasteiger partial charge in [-0.1, -0.05) is 306 Å². The summed E-state index contributed by atoms with van der Waals surface area (Å²) in [5.41, 5.74) is 0. The summed E-state index contributed by atoms with van der Waals surface area (Å²) in [5, 5.41) is 9.65. The van der Waals surface area contributed by atoms with Gasteiger partial charge in [-0.3, -0.25) is 9.59 Å². The highest BCUT2D eigenvalue weighted by molar-refractivity contribution is 5.70. The lowest BCUT2D eigenvalue weighted by Crippen LogP contribution is -2.28. The van der Waals surface area contributed by atoms with Crippen LogP contribution in [0, 0.1) is 0 Å². The van der Waals surface area contributed by atoms with Crippen LogP contribution in [-0.2, 0) is 19.1 Å². The largest absolute Gasteiger partial charge is 0.462 e. The van der Waals surface area contributed by atoms with Gasteiger partial charge < -0.3 is 14.6 Å². The molecule has 0 heterocycles. The lowest BCUT2D eigenvalue weighted by atomic mass is 10.0. The van der Waals surface area contributed by atoms with Crippen LogP contribution in [0.4, 0.5) is 0 Å². The number of ether oxygens (including phenoxy) is 2. The molecule has 0 aromatic carbocycles. The van der Waals surface area contributed by atoms with Gasteiger partial charge in [0.05, 0.1) is 6.61 Å². The zero-order valence-corrected chi connectivity index (χ0v) is 48.2. The molecule has 5 nitrogen and oxygen atoms in total. The summed E-state index contributed by atoms with van der Waals surface area (Å²) in [6.45, 7) is 4.04. The van der Waals surface area contributed by atoms with E-state index >= 15 is 0 Å². The fraction of sp³-hybridized carbons (Fsp3) is 0.821. The SMILES string of the molecule is CC/C=C\C/C=C\C/C=C\CCCCCCCCCC(=O)OC(CO)COC(=O)CCCCCCCCCCCCCCCCCCCCCCCCCCCCCCC/C=C\C/C=C\CCCCCCC. The molecule has 0 aliphatic heterocycles. The summed E-state index contributed by atoms with van der Waals surface area (Å²) in [6, 6.07) is 0. The summed E-state index contributed by atoms with van der Waals surface area (Å²) in [5.74, 6) is -0.589. The van der Waals surface area contributed by atoms with E-state index < -0.39 is 6.10 Å². The first-order chi connectivity index (χ1) is 35.6. The molecular formula is C67H122O5. The van der Waals surface area contributed by atoms with Crippen molar-refractivity contribution in [3.05, 3.63) is 60.8 Å². The minimum atomic E-state index is -0.777. The first-order valence-electron chi connectivity index (χ1n) is 31.8. The Morgan fingerprint density at radius 3 is 0.903 bits per heavy atom. The fourth-order valence-corrected chi connectivity index (χ4v) is 9.55. The molecule has 0 saturated heterocycles. The van der Waals surface area contributed by atoms with Crippen molar-refractivity contribution in [2.75, 3.05) is 13.2 Å². The van der Waals surface area contributed by atoms with Crippen molar-refractivity contribution in [3.8, 4) is 0 Å². The van der Waals surface area contributed by atoms with Crippen LogP contribution < -0.4 is 0 Å². The molecule has 0 amide bonds. The average Bonchev–Trinajstić information content (AvgIpc) is 3.38. The lowest BCUT2D eigenvalue weighted by molar-refractivity contribution is -0.161. The molecule has 1 unspecified atom stereocenters. The van der Waals surface area contributed by atoms with Crippen LogP contribution in [0.1, 0.15) is 335 Å². The molecule has 420 valence electrons. The topological polar surface area (TPSA) is 72.8 Å². The zero-order valence-electron chi connectivity index (χ0n) is 48.2. The number of carbonyl (C=O) groups is 2. The van der Waals surface area contributed by atoms with Crippen molar-refractivity contribution >= 4 is 11.9 Å². The van der Waals surface area contributed by atoms with E-state index in [2.05, 4.69) is 74.6 Å². The van der Waals surface area contributed by atoms with Crippen molar-refractivity contribution in [3.63, 3.8) is 0 Å². The summed E-state index contributed by atoms with van der Waals surface area (Å²) in [4.78, 5) is 24.5. The highest BCUT2D eigenvalue weighted by atomic mass is 16.6. The number of aliphatic hydroxyl groups excluding tert-OH is 1. The number of hydrogen-bond acceptors (Lipinski definition) is 5. The smallest absolute Gasteiger partial charge is 0.306 e. The molecule has 1 N–H and O–H groups in total. The van der Waals surface area contributed by atoms with Crippen LogP contribution >= 0.6 is 0 Å². The van der Waals surface area contributed by atoms with Gasteiger partial charge in [0.2, 0.25) is 0 Å². The number of hydrogen-bond donors (Lipinski definition) is 1. The van der Waals surface area contributed by atoms with E-state index in [0.29, 0.717) is 12.8 Å². The van der Waals surface area contributed by atoms with Crippen LogP contribution in [0.15, 0.2) is 60.8 Å². The summed E-state index contributed by atoms with van der Waals surface area (Å²) in [7, 11) is 0. The quantitative estimate of drug-likeness (QED) is 0.0373. The number of unbranched alkanes of at least 4 members (excludes halogenated alkanes) is 41. The number of rotatable bonds is 59. The van der Waals surface area contributed by atoms with Crippen molar-refractivity contribution in [2.45, 2.75) is 341 Å². The standard InChI is InChI=1S/C67H122O5/c1-3-5-7-9-11-13-15-17-19-21-22-23-24-25-26-27-28-29-30-31-32-33-34-35-36-37-38-39-40-41-42-43-44-46-47-49-51-53-55-57-59-61-66(69)71-64-65(63-68)72-67(70)62-60-58-56-54-52-50-48-45-20-18-16-14-12-10-8-6-4-2/h6,8,12,14-15,17-18,20-22,65,68H,3-5,7,9-11,13,16,19,23-64H2,1-2H3/b8-6-,14-12-,17-15-,20-18-,22-21-. The molecule has 0 aromatic heterocycles. The zero-order chi connectivity index (χ0) is 52.0. The van der Waals surface area contributed by atoms with Gasteiger partial charge >= 0.3 is 11.9 Å². The Kier molecular flexibility index (Phi) is 60.8. The minimum Gasteiger partial charge on any atom is -0.462 e. The van der Waals surface area contributed by atoms with E-state index in [1.807, 2.05) is 0 Å².